The minimum atomic E-state index is -4.09. The monoisotopic (exact) mass is 444 g/mol. The molecule has 160 valence electrons. The molecule has 3 aromatic carbocycles. The zero-order valence-corrected chi connectivity index (χ0v) is 17.0. The number of methoxy groups -OCH3 is 1. The van der Waals surface area contributed by atoms with E-state index in [-0.39, 0.29) is 21.8 Å². The third-order valence-electron chi connectivity index (χ3n) is 4.11. The van der Waals surface area contributed by atoms with Gasteiger partial charge in [-0.2, -0.15) is 5.10 Å². The molecule has 0 aliphatic rings. The highest BCUT2D eigenvalue weighted by molar-refractivity contribution is 7.92. The topological polar surface area (TPSA) is 123 Å². The molecule has 11 heteroatoms. The minimum absolute atomic E-state index is 0.0546. The van der Waals surface area contributed by atoms with E-state index in [0.717, 1.165) is 12.3 Å². The molecule has 0 amide bonds. The van der Waals surface area contributed by atoms with Gasteiger partial charge in [0.2, 0.25) is 0 Å². The first-order chi connectivity index (χ1) is 14.8. The van der Waals surface area contributed by atoms with Gasteiger partial charge in [-0.1, -0.05) is 18.2 Å². The highest BCUT2D eigenvalue weighted by Crippen LogP contribution is 2.29. The lowest BCUT2D eigenvalue weighted by Crippen LogP contribution is -2.13. The quantitative estimate of drug-likeness (QED) is 0.308. The second kappa shape index (κ2) is 9.22. The van der Waals surface area contributed by atoms with E-state index >= 15 is 0 Å². The highest BCUT2D eigenvalue weighted by atomic mass is 32.2. The Labute approximate surface area is 177 Å². The number of hydrogen-bond donors (Lipinski definition) is 2. The maximum atomic E-state index is 13.6. The Morgan fingerprint density at radius 2 is 1.81 bits per heavy atom. The molecule has 0 aliphatic heterocycles. The fourth-order valence-electron chi connectivity index (χ4n) is 2.55. The summed E-state index contributed by atoms with van der Waals surface area (Å²) >= 11 is 0. The van der Waals surface area contributed by atoms with Gasteiger partial charge in [0.1, 0.15) is 17.3 Å². The van der Waals surface area contributed by atoms with E-state index in [1.807, 2.05) is 0 Å². The lowest BCUT2D eigenvalue weighted by Gasteiger charge is -2.10. The fourth-order valence-corrected chi connectivity index (χ4v) is 3.63. The zero-order valence-electron chi connectivity index (χ0n) is 16.2. The average molecular weight is 444 g/mol. The number of sulfonamides is 1. The number of hydrazone groups is 1. The van der Waals surface area contributed by atoms with Gasteiger partial charge in [-0.3, -0.25) is 20.3 Å². The normalized spacial score (nSPS) is 11.3. The van der Waals surface area contributed by atoms with Crippen LogP contribution in [0.2, 0.25) is 0 Å². The van der Waals surface area contributed by atoms with Crippen LogP contribution in [0.4, 0.5) is 21.5 Å². The van der Waals surface area contributed by atoms with E-state index in [1.54, 1.807) is 18.2 Å². The van der Waals surface area contributed by atoms with Crippen LogP contribution in [0, 0.1) is 15.9 Å². The molecular formula is C20H17FN4O5S. The fraction of sp³-hybridized carbons (Fsp3) is 0.0500. The third-order valence-corrected chi connectivity index (χ3v) is 5.49. The van der Waals surface area contributed by atoms with Crippen LogP contribution in [0.15, 0.2) is 76.7 Å². The summed E-state index contributed by atoms with van der Waals surface area (Å²) in [7, 11) is -2.61. The van der Waals surface area contributed by atoms with Crippen LogP contribution in [-0.2, 0) is 10.0 Å². The van der Waals surface area contributed by atoms with Crippen LogP contribution >= 0.6 is 0 Å². The lowest BCUT2D eigenvalue weighted by molar-refractivity contribution is -0.384. The Hall–Kier alpha value is -3.99. The van der Waals surface area contributed by atoms with Crippen LogP contribution in [-0.4, -0.2) is 26.7 Å². The van der Waals surface area contributed by atoms with Crippen molar-refractivity contribution < 1.29 is 22.5 Å². The third kappa shape index (κ3) is 5.34. The summed E-state index contributed by atoms with van der Waals surface area (Å²) in [5, 5.41) is 15.2. The number of nitrogens with one attached hydrogen (secondary N) is 2. The number of ether oxygens (including phenoxy) is 1. The van der Waals surface area contributed by atoms with Crippen molar-refractivity contribution >= 4 is 33.3 Å². The Kier molecular flexibility index (Phi) is 6.46. The summed E-state index contributed by atoms with van der Waals surface area (Å²) in [4.78, 5) is 10.4. The van der Waals surface area contributed by atoms with Crippen molar-refractivity contribution in [1.29, 1.82) is 0 Å². The van der Waals surface area contributed by atoms with Crippen molar-refractivity contribution in [3.63, 3.8) is 0 Å². The molecule has 0 bridgehead atoms. The van der Waals surface area contributed by atoms with Crippen LogP contribution in [0.1, 0.15) is 5.56 Å². The first kappa shape index (κ1) is 21.7. The maximum absolute atomic E-state index is 13.6. The summed E-state index contributed by atoms with van der Waals surface area (Å²) in [5.41, 5.74) is 2.32. The van der Waals surface area contributed by atoms with Gasteiger partial charge in [0.25, 0.3) is 15.7 Å². The molecule has 31 heavy (non-hydrogen) atoms. The van der Waals surface area contributed by atoms with Gasteiger partial charge in [-0.15, -0.1) is 0 Å². The second-order valence-electron chi connectivity index (χ2n) is 6.16. The van der Waals surface area contributed by atoms with E-state index in [2.05, 4.69) is 15.2 Å². The summed E-state index contributed by atoms with van der Waals surface area (Å²) in [6, 6.07) is 15.3. The molecular weight excluding hydrogens is 427 g/mol. The van der Waals surface area contributed by atoms with Gasteiger partial charge in [0.15, 0.2) is 0 Å². The van der Waals surface area contributed by atoms with Gasteiger partial charge < -0.3 is 4.74 Å². The van der Waals surface area contributed by atoms with Crippen molar-refractivity contribution in [3.05, 3.63) is 88.2 Å². The predicted octanol–water partition coefficient (Wildman–Crippen LogP) is 3.99. The molecule has 2 N–H and O–H groups in total. The van der Waals surface area contributed by atoms with E-state index in [1.165, 1.54) is 49.6 Å². The lowest BCUT2D eigenvalue weighted by atomic mass is 10.2. The molecule has 3 rings (SSSR count). The smallest absolute Gasteiger partial charge is 0.295 e. The summed E-state index contributed by atoms with van der Waals surface area (Å²) in [6.45, 7) is 0. The second-order valence-corrected chi connectivity index (χ2v) is 7.84. The van der Waals surface area contributed by atoms with Crippen molar-refractivity contribution in [1.82, 2.24) is 0 Å². The number of halogens is 1. The van der Waals surface area contributed by atoms with Gasteiger partial charge in [-0.25, -0.2) is 12.8 Å². The summed E-state index contributed by atoms with van der Waals surface area (Å²) in [5.74, 6) is 0.0403. The zero-order chi connectivity index (χ0) is 22.4. The molecule has 0 saturated heterocycles. The number of benzene rings is 3. The van der Waals surface area contributed by atoms with Gasteiger partial charge in [0, 0.05) is 17.3 Å². The molecule has 0 saturated carbocycles. The van der Waals surface area contributed by atoms with E-state index in [4.69, 9.17) is 4.74 Å². The molecule has 0 unspecified atom stereocenters. The Bertz CT molecular complexity index is 1230. The summed E-state index contributed by atoms with van der Waals surface area (Å²) in [6.07, 6.45) is 1.16. The van der Waals surface area contributed by atoms with Crippen LogP contribution in [0.25, 0.3) is 0 Å². The van der Waals surface area contributed by atoms with Crippen molar-refractivity contribution in [2.45, 2.75) is 4.90 Å². The molecule has 0 radical (unpaired) electrons. The molecule has 0 aliphatic carbocycles. The largest absolute Gasteiger partial charge is 0.497 e. The number of nitro groups is 1. The first-order valence-electron chi connectivity index (χ1n) is 8.79. The predicted molar refractivity (Wildman–Crippen MR) is 115 cm³/mol. The number of nitrogens with zero attached hydrogens (tertiary/aromatic N) is 2. The van der Waals surface area contributed by atoms with Gasteiger partial charge >= 0.3 is 0 Å². The molecule has 9 nitrogen and oxygen atoms in total. The number of hydrogen-bond acceptors (Lipinski definition) is 7. The van der Waals surface area contributed by atoms with E-state index in [9.17, 15) is 22.9 Å². The summed E-state index contributed by atoms with van der Waals surface area (Å²) < 4.78 is 46.2. The Balaban J connectivity index is 1.83. The number of rotatable bonds is 8. The molecule has 0 atom stereocenters. The van der Waals surface area contributed by atoms with Gasteiger partial charge in [-0.05, 0) is 42.5 Å². The molecule has 0 spiro atoms. The molecule has 0 heterocycles. The van der Waals surface area contributed by atoms with Gasteiger partial charge in [0.05, 0.1) is 23.1 Å². The van der Waals surface area contributed by atoms with Crippen molar-refractivity contribution in [3.8, 4) is 5.75 Å². The van der Waals surface area contributed by atoms with E-state index in [0.29, 0.717) is 5.75 Å². The minimum Gasteiger partial charge on any atom is -0.497 e. The van der Waals surface area contributed by atoms with Crippen molar-refractivity contribution in [2.75, 3.05) is 17.3 Å². The van der Waals surface area contributed by atoms with E-state index < -0.39 is 26.5 Å². The number of nitro benzene ring substituents is 1. The molecule has 0 aromatic heterocycles. The molecule has 3 aromatic rings. The highest BCUT2D eigenvalue weighted by Gasteiger charge is 2.21. The van der Waals surface area contributed by atoms with Crippen LogP contribution in [0.5, 0.6) is 5.75 Å². The van der Waals surface area contributed by atoms with Crippen LogP contribution < -0.4 is 14.9 Å². The Morgan fingerprint density at radius 3 is 2.45 bits per heavy atom. The SMILES string of the molecule is COc1ccc(NS(=O)(=O)c2ccc(N/N=C\c3ccccc3F)c([N+](=O)[O-])c2)cc1. The standard InChI is InChI=1S/C20H17FN4O5S/c1-30-16-8-6-15(7-9-16)24-31(28,29)17-10-11-19(20(12-17)25(26)27)23-22-13-14-4-2-3-5-18(14)21/h2-13,23-24H,1H3/b22-13-. The average Bonchev–Trinajstić information content (AvgIpc) is 2.75. The maximum Gasteiger partial charge on any atom is 0.295 e. The first-order valence-corrected chi connectivity index (χ1v) is 10.3. The Morgan fingerprint density at radius 1 is 1.10 bits per heavy atom. The molecule has 0 fully saturated rings. The number of anilines is 2. The van der Waals surface area contributed by atoms with Crippen LogP contribution in [0.3, 0.4) is 0 Å². The van der Waals surface area contributed by atoms with Crippen molar-refractivity contribution in [2.24, 2.45) is 5.10 Å².